The molecular weight excluding hydrogens is 166 g/mol. The molecule has 0 spiro atoms. The molecule has 0 amide bonds. The van der Waals surface area contributed by atoms with Crippen LogP contribution in [-0.4, -0.2) is 0 Å². The summed E-state index contributed by atoms with van der Waals surface area (Å²) in [6.45, 7) is 0. The van der Waals surface area contributed by atoms with Crippen LogP contribution in [0.2, 0.25) is 0 Å². The van der Waals surface area contributed by atoms with Crippen LogP contribution in [0.5, 0.6) is 0 Å². The van der Waals surface area contributed by atoms with Crippen LogP contribution in [0.1, 0.15) is 0 Å². The maximum atomic E-state index is 11.0. The molecule has 0 aromatic rings. The van der Waals surface area contributed by atoms with Gasteiger partial charge in [0, 0.05) is 6.08 Å². The third kappa shape index (κ3) is 5.82. The van der Waals surface area contributed by atoms with Crippen molar-refractivity contribution in [2.45, 2.75) is 0 Å². The molecule has 0 fully saturated rings. The van der Waals surface area contributed by atoms with Crippen LogP contribution in [0.25, 0.3) is 0 Å². The number of halogens is 3. The molecule has 0 aromatic carbocycles. The van der Waals surface area contributed by atoms with Gasteiger partial charge in [-0.3, -0.25) is 0 Å². The summed E-state index contributed by atoms with van der Waals surface area (Å²) in [5.74, 6) is 0. The Morgan fingerprint density at radius 3 is 2.14 bits per heavy atom. The highest BCUT2D eigenvalue weighted by Crippen LogP contribution is 1.96. The molecule has 0 heterocycles. The second kappa shape index (κ2) is 3.99. The Hall–Kier alpha value is -0.180. The lowest BCUT2D eigenvalue weighted by molar-refractivity contribution is 0.422. The second-order valence-electron chi connectivity index (χ2n) is 0.775. The van der Waals surface area contributed by atoms with E-state index in [-0.39, 0.29) is 0 Å². The molecule has 0 rings (SSSR count). The predicted molar refractivity (Wildman–Crippen MR) is 28.4 cm³/mol. The summed E-state index contributed by atoms with van der Waals surface area (Å²) >= 11 is 2.82. The predicted octanol–water partition coefficient (Wildman–Crippen LogP) is 2.68. The van der Waals surface area contributed by atoms with Crippen molar-refractivity contribution in [2.75, 3.05) is 0 Å². The van der Waals surface area contributed by atoms with E-state index in [1.54, 1.807) is 0 Å². The molecule has 3 heteroatoms. The maximum absolute atomic E-state index is 11.0. The second-order valence-corrected chi connectivity index (χ2v) is 1.30. The van der Waals surface area contributed by atoms with Gasteiger partial charge in [0.05, 0.1) is 0 Å². The molecule has 7 heavy (non-hydrogen) atoms. The SMILES string of the molecule is FC(F)=C/C=C/Br. The summed E-state index contributed by atoms with van der Waals surface area (Å²) < 4.78 is 22.0. The Morgan fingerprint density at radius 2 is 2.00 bits per heavy atom. The van der Waals surface area contributed by atoms with Crippen LogP contribution in [0.3, 0.4) is 0 Å². The molecule has 0 N–H and O–H groups in total. The lowest BCUT2D eigenvalue weighted by Crippen LogP contribution is -1.49. The van der Waals surface area contributed by atoms with E-state index in [0.29, 0.717) is 6.08 Å². The van der Waals surface area contributed by atoms with E-state index in [2.05, 4.69) is 15.9 Å². The van der Waals surface area contributed by atoms with Gasteiger partial charge in [-0.05, 0) is 11.1 Å². The van der Waals surface area contributed by atoms with E-state index < -0.39 is 6.08 Å². The van der Waals surface area contributed by atoms with Gasteiger partial charge in [0.25, 0.3) is 6.08 Å². The third-order valence-electron chi connectivity index (χ3n) is 0.295. The highest BCUT2D eigenvalue weighted by Gasteiger charge is 1.77. The smallest absolute Gasteiger partial charge is 0.173 e. The summed E-state index contributed by atoms with van der Waals surface area (Å²) in [6, 6.07) is 0. The Kier molecular flexibility index (Phi) is 3.89. The molecule has 0 aliphatic heterocycles. The third-order valence-corrected chi connectivity index (χ3v) is 0.600. The van der Waals surface area contributed by atoms with E-state index in [4.69, 9.17) is 0 Å². The largest absolute Gasteiger partial charge is 0.270 e. The summed E-state index contributed by atoms with van der Waals surface area (Å²) in [4.78, 5) is 1.35. The molecule has 0 unspecified atom stereocenters. The zero-order chi connectivity index (χ0) is 5.70. The fourth-order valence-electron chi connectivity index (χ4n) is 0.109. The first kappa shape index (κ1) is 6.82. The summed E-state index contributed by atoms with van der Waals surface area (Å²) in [7, 11) is 0. The fraction of sp³-hybridized carbons (Fsp3) is 0. The van der Waals surface area contributed by atoms with Crippen molar-refractivity contribution >= 4 is 15.9 Å². The molecule has 0 saturated carbocycles. The van der Waals surface area contributed by atoms with Crippen molar-refractivity contribution in [3.63, 3.8) is 0 Å². The van der Waals surface area contributed by atoms with Crippen LogP contribution in [0.4, 0.5) is 8.78 Å². The minimum Gasteiger partial charge on any atom is -0.173 e. The van der Waals surface area contributed by atoms with Gasteiger partial charge in [-0.1, -0.05) is 15.9 Å². The van der Waals surface area contributed by atoms with Crippen molar-refractivity contribution in [3.05, 3.63) is 23.2 Å². The minimum absolute atomic E-state index is 0.703. The Balaban J connectivity index is 3.46. The Labute approximate surface area is 48.7 Å². The van der Waals surface area contributed by atoms with Crippen LogP contribution in [0.15, 0.2) is 23.2 Å². The number of hydrogen-bond donors (Lipinski definition) is 0. The van der Waals surface area contributed by atoms with Crippen molar-refractivity contribution in [2.24, 2.45) is 0 Å². The lowest BCUT2D eigenvalue weighted by Gasteiger charge is -1.68. The molecule has 0 atom stereocenters. The molecule has 0 aliphatic carbocycles. The maximum Gasteiger partial charge on any atom is 0.270 e. The first-order valence-electron chi connectivity index (χ1n) is 1.55. The van der Waals surface area contributed by atoms with Crippen LogP contribution in [-0.2, 0) is 0 Å². The monoisotopic (exact) mass is 168 g/mol. The highest BCUT2D eigenvalue weighted by molar-refractivity contribution is 9.11. The first-order chi connectivity index (χ1) is 3.27. The number of hydrogen-bond acceptors (Lipinski definition) is 0. The van der Waals surface area contributed by atoms with Crippen LogP contribution >= 0.6 is 15.9 Å². The molecule has 0 nitrogen and oxygen atoms in total. The summed E-state index contributed by atoms with van der Waals surface area (Å²) in [5, 5.41) is 0. The number of rotatable bonds is 1. The van der Waals surface area contributed by atoms with Gasteiger partial charge in [-0.25, -0.2) is 0 Å². The quantitative estimate of drug-likeness (QED) is 0.529. The normalized spacial score (nSPS) is 9.57. The van der Waals surface area contributed by atoms with Crippen molar-refractivity contribution < 1.29 is 8.78 Å². The standard InChI is InChI=1S/C4H3BrF2/c5-3-1-2-4(6)7/h1-3H/b3-1+. The van der Waals surface area contributed by atoms with E-state index in [0.717, 1.165) is 0 Å². The zero-order valence-corrected chi connectivity index (χ0v) is 4.95. The van der Waals surface area contributed by atoms with Crippen LogP contribution in [0, 0.1) is 0 Å². The summed E-state index contributed by atoms with van der Waals surface area (Å²) in [5.41, 5.74) is 0. The molecule has 0 aliphatic rings. The Bertz CT molecular complexity index is 91.9. The van der Waals surface area contributed by atoms with Gasteiger partial charge in [-0.15, -0.1) is 0 Å². The fourth-order valence-corrected chi connectivity index (χ4v) is 0.262. The lowest BCUT2D eigenvalue weighted by atomic mass is 10.6. The van der Waals surface area contributed by atoms with Gasteiger partial charge in [0.2, 0.25) is 0 Å². The van der Waals surface area contributed by atoms with Gasteiger partial charge in [-0.2, -0.15) is 8.78 Å². The van der Waals surface area contributed by atoms with Gasteiger partial charge in [0.15, 0.2) is 0 Å². The first-order valence-corrected chi connectivity index (χ1v) is 2.47. The highest BCUT2D eigenvalue weighted by atomic mass is 79.9. The zero-order valence-electron chi connectivity index (χ0n) is 3.37. The van der Waals surface area contributed by atoms with E-state index in [1.807, 2.05) is 0 Å². The molecule has 0 saturated heterocycles. The topological polar surface area (TPSA) is 0 Å². The van der Waals surface area contributed by atoms with Crippen molar-refractivity contribution in [3.8, 4) is 0 Å². The molecule has 0 aromatic heterocycles. The van der Waals surface area contributed by atoms with Crippen molar-refractivity contribution in [1.82, 2.24) is 0 Å². The molecule has 0 bridgehead atoms. The minimum atomic E-state index is -1.68. The van der Waals surface area contributed by atoms with Gasteiger partial charge in [0.1, 0.15) is 0 Å². The van der Waals surface area contributed by atoms with Gasteiger partial charge < -0.3 is 0 Å². The van der Waals surface area contributed by atoms with E-state index in [1.165, 1.54) is 11.1 Å². The van der Waals surface area contributed by atoms with E-state index in [9.17, 15) is 8.78 Å². The molecule has 40 valence electrons. The Morgan fingerprint density at radius 1 is 1.43 bits per heavy atom. The van der Waals surface area contributed by atoms with Gasteiger partial charge >= 0.3 is 0 Å². The molecular formula is C4H3BrF2. The van der Waals surface area contributed by atoms with Crippen LogP contribution < -0.4 is 0 Å². The average Bonchev–Trinajstić information content (AvgIpc) is 1.61. The van der Waals surface area contributed by atoms with Crippen molar-refractivity contribution in [1.29, 1.82) is 0 Å². The summed E-state index contributed by atoms with van der Waals surface area (Å²) in [6.07, 6.45) is 0.222. The van der Waals surface area contributed by atoms with E-state index >= 15 is 0 Å². The number of allylic oxidation sites excluding steroid dienone is 2. The molecule has 0 radical (unpaired) electrons. The average molecular weight is 169 g/mol.